The summed E-state index contributed by atoms with van der Waals surface area (Å²) in [4.78, 5) is 22.6. The number of nitrogens with two attached hydrogens (primary N) is 1. The first kappa shape index (κ1) is 14.9. The highest BCUT2D eigenvalue weighted by molar-refractivity contribution is 6.00. The summed E-state index contributed by atoms with van der Waals surface area (Å²) in [6.07, 6.45) is 1.48. The van der Waals surface area contributed by atoms with E-state index in [4.69, 9.17) is 5.73 Å². The molecule has 0 saturated carbocycles. The number of amides is 1. The van der Waals surface area contributed by atoms with Crippen molar-refractivity contribution in [1.29, 1.82) is 0 Å². The maximum Gasteiger partial charge on any atom is 0.304 e. The lowest BCUT2D eigenvalue weighted by Crippen LogP contribution is -2.45. The molecule has 0 saturated heterocycles. The van der Waals surface area contributed by atoms with E-state index in [1.807, 2.05) is 20.8 Å². The van der Waals surface area contributed by atoms with E-state index in [9.17, 15) is 14.9 Å². The van der Waals surface area contributed by atoms with E-state index in [2.05, 4.69) is 5.32 Å². The molecule has 0 aliphatic carbocycles. The molecule has 6 heteroatoms. The van der Waals surface area contributed by atoms with E-state index in [0.717, 1.165) is 12.8 Å². The third-order valence-corrected chi connectivity index (χ3v) is 3.47. The lowest BCUT2D eigenvalue weighted by atomic mass is 9.95. The number of nitrogen functional groups attached to an aromatic ring is 1. The highest BCUT2D eigenvalue weighted by Crippen LogP contribution is 2.26. The van der Waals surface area contributed by atoms with Crippen molar-refractivity contribution in [3.8, 4) is 0 Å². The molecule has 3 N–H and O–H groups in total. The second-order valence-corrected chi connectivity index (χ2v) is 4.72. The number of anilines is 1. The van der Waals surface area contributed by atoms with Gasteiger partial charge in [-0.1, -0.05) is 19.9 Å². The van der Waals surface area contributed by atoms with Crippen LogP contribution in [0.4, 0.5) is 11.4 Å². The first-order valence-electron chi connectivity index (χ1n) is 6.20. The third-order valence-electron chi connectivity index (χ3n) is 3.47. The number of carbonyl (C=O) groups excluding carboxylic acids is 1. The molecule has 6 nitrogen and oxygen atoms in total. The Morgan fingerprint density at radius 3 is 2.47 bits per heavy atom. The standard InChI is InChI=1S/C13H19N3O3/c1-4-13(3,5-2)15-12(17)9-7-6-8-10(14)11(9)16(18)19/h6-8H,4-5,14H2,1-3H3,(H,15,17). The van der Waals surface area contributed by atoms with E-state index in [0.29, 0.717) is 0 Å². The van der Waals surface area contributed by atoms with Crippen molar-refractivity contribution in [1.82, 2.24) is 5.32 Å². The van der Waals surface area contributed by atoms with Crippen LogP contribution in [0.2, 0.25) is 0 Å². The first-order chi connectivity index (χ1) is 8.84. The summed E-state index contributed by atoms with van der Waals surface area (Å²) in [5.41, 5.74) is 4.84. The number of nitrogens with zero attached hydrogens (tertiary/aromatic N) is 1. The fraction of sp³-hybridized carbons (Fsp3) is 0.462. The highest BCUT2D eigenvalue weighted by atomic mass is 16.6. The lowest BCUT2D eigenvalue weighted by Gasteiger charge is -2.28. The van der Waals surface area contributed by atoms with E-state index in [-0.39, 0.29) is 22.5 Å². The van der Waals surface area contributed by atoms with Crippen LogP contribution in [-0.2, 0) is 0 Å². The Labute approximate surface area is 112 Å². The van der Waals surface area contributed by atoms with Crippen molar-refractivity contribution in [3.63, 3.8) is 0 Å². The normalized spacial score (nSPS) is 11.1. The summed E-state index contributed by atoms with van der Waals surface area (Å²) >= 11 is 0. The molecule has 0 aliphatic heterocycles. The molecule has 104 valence electrons. The Hall–Kier alpha value is -2.11. The summed E-state index contributed by atoms with van der Waals surface area (Å²) in [6, 6.07) is 4.36. The minimum absolute atomic E-state index is 0.00174. The van der Waals surface area contributed by atoms with Gasteiger partial charge in [0, 0.05) is 5.54 Å². The smallest absolute Gasteiger partial charge is 0.304 e. The van der Waals surface area contributed by atoms with Crippen LogP contribution in [0.3, 0.4) is 0 Å². The number of para-hydroxylation sites is 1. The summed E-state index contributed by atoms with van der Waals surface area (Å²) < 4.78 is 0. The number of nitro groups is 1. The Bertz CT molecular complexity index is 496. The van der Waals surface area contributed by atoms with Crippen LogP contribution in [-0.4, -0.2) is 16.4 Å². The van der Waals surface area contributed by atoms with Crippen molar-refractivity contribution in [2.24, 2.45) is 0 Å². The molecule has 0 heterocycles. The van der Waals surface area contributed by atoms with Crippen LogP contribution >= 0.6 is 0 Å². The SMILES string of the molecule is CCC(C)(CC)NC(=O)c1cccc(N)c1[N+](=O)[O-]. The van der Waals surface area contributed by atoms with Crippen molar-refractivity contribution < 1.29 is 9.72 Å². The Morgan fingerprint density at radius 1 is 1.42 bits per heavy atom. The molecular weight excluding hydrogens is 246 g/mol. The fourth-order valence-corrected chi connectivity index (χ4v) is 1.72. The van der Waals surface area contributed by atoms with E-state index in [1.165, 1.54) is 18.2 Å². The zero-order valence-electron chi connectivity index (χ0n) is 11.4. The van der Waals surface area contributed by atoms with Crippen LogP contribution in [0, 0.1) is 10.1 Å². The average Bonchev–Trinajstić information content (AvgIpc) is 2.37. The maximum atomic E-state index is 12.2. The van der Waals surface area contributed by atoms with Gasteiger partial charge in [-0.05, 0) is 31.9 Å². The minimum Gasteiger partial charge on any atom is -0.393 e. The molecule has 0 unspecified atom stereocenters. The molecule has 0 bridgehead atoms. The molecule has 1 aromatic carbocycles. The van der Waals surface area contributed by atoms with Crippen LogP contribution < -0.4 is 11.1 Å². The molecule has 0 fully saturated rings. The van der Waals surface area contributed by atoms with Gasteiger partial charge in [0.15, 0.2) is 0 Å². The van der Waals surface area contributed by atoms with Crippen molar-refractivity contribution in [2.45, 2.75) is 39.2 Å². The molecule has 1 rings (SSSR count). The summed E-state index contributed by atoms with van der Waals surface area (Å²) in [5.74, 6) is -0.467. The van der Waals surface area contributed by atoms with Crippen molar-refractivity contribution in [2.75, 3.05) is 5.73 Å². The van der Waals surface area contributed by atoms with Crippen LogP contribution in [0.1, 0.15) is 44.0 Å². The quantitative estimate of drug-likeness (QED) is 0.485. The van der Waals surface area contributed by atoms with Gasteiger partial charge >= 0.3 is 5.69 Å². The lowest BCUT2D eigenvalue weighted by molar-refractivity contribution is -0.384. The molecule has 1 aromatic rings. The van der Waals surface area contributed by atoms with Crippen molar-refractivity contribution >= 4 is 17.3 Å². The Morgan fingerprint density at radius 2 is 2.00 bits per heavy atom. The van der Waals surface area contributed by atoms with Gasteiger partial charge in [-0.15, -0.1) is 0 Å². The molecule has 0 aliphatic rings. The zero-order chi connectivity index (χ0) is 14.6. The van der Waals surface area contributed by atoms with Gasteiger partial charge < -0.3 is 11.1 Å². The number of hydrogen-bond acceptors (Lipinski definition) is 4. The maximum absolute atomic E-state index is 12.2. The minimum atomic E-state index is -0.626. The van der Waals surface area contributed by atoms with E-state index < -0.39 is 10.8 Å². The summed E-state index contributed by atoms with van der Waals surface area (Å²) in [5, 5.41) is 13.8. The predicted octanol–water partition coefficient (Wildman–Crippen LogP) is 2.49. The van der Waals surface area contributed by atoms with Crippen LogP contribution in [0.25, 0.3) is 0 Å². The largest absolute Gasteiger partial charge is 0.393 e. The average molecular weight is 265 g/mol. The van der Waals surface area contributed by atoms with Crippen LogP contribution in [0.5, 0.6) is 0 Å². The molecular formula is C13H19N3O3. The molecule has 0 atom stereocenters. The van der Waals surface area contributed by atoms with Gasteiger partial charge in [-0.25, -0.2) is 0 Å². The van der Waals surface area contributed by atoms with Gasteiger partial charge in [-0.2, -0.15) is 0 Å². The number of nitro benzene ring substituents is 1. The molecule has 1 amide bonds. The number of nitrogens with one attached hydrogen (secondary N) is 1. The second-order valence-electron chi connectivity index (χ2n) is 4.72. The number of hydrogen-bond donors (Lipinski definition) is 2. The number of carbonyl (C=O) groups is 1. The van der Waals surface area contributed by atoms with Crippen molar-refractivity contribution in [3.05, 3.63) is 33.9 Å². The van der Waals surface area contributed by atoms with Gasteiger partial charge in [0.1, 0.15) is 11.3 Å². The summed E-state index contributed by atoms with van der Waals surface area (Å²) in [6.45, 7) is 5.82. The van der Waals surface area contributed by atoms with Gasteiger partial charge in [-0.3, -0.25) is 14.9 Å². The Kier molecular flexibility index (Phi) is 4.47. The fourth-order valence-electron chi connectivity index (χ4n) is 1.72. The third kappa shape index (κ3) is 3.21. The van der Waals surface area contributed by atoms with Gasteiger partial charge in [0.05, 0.1) is 4.92 Å². The number of benzene rings is 1. The number of rotatable bonds is 5. The molecule has 19 heavy (non-hydrogen) atoms. The second kappa shape index (κ2) is 5.69. The topological polar surface area (TPSA) is 98.3 Å². The highest BCUT2D eigenvalue weighted by Gasteiger charge is 2.28. The van der Waals surface area contributed by atoms with Crippen LogP contribution in [0.15, 0.2) is 18.2 Å². The monoisotopic (exact) mass is 265 g/mol. The zero-order valence-corrected chi connectivity index (χ0v) is 11.4. The van der Waals surface area contributed by atoms with Gasteiger partial charge in [0.25, 0.3) is 5.91 Å². The van der Waals surface area contributed by atoms with Gasteiger partial charge in [0.2, 0.25) is 0 Å². The molecule has 0 spiro atoms. The first-order valence-corrected chi connectivity index (χ1v) is 6.20. The molecule has 0 radical (unpaired) electrons. The van der Waals surface area contributed by atoms with E-state index >= 15 is 0 Å². The Balaban J connectivity index is 3.14. The summed E-state index contributed by atoms with van der Waals surface area (Å²) in [7, 11) is 0. The predicted molar refractivity (Wildman–Crippen MR) is 74.0 cm³/mol. The van der Waals surface area contributed by atoms with E-state index in [1.54, 1.807) is 0 Å². The molecule has 0 aromatic heterocycles.